The van der Waals surface area contributed by atoms with Crippen LogP contribution in [0.5, 0.6) is 5.75 Å². The van der Waals surface area contributed by atoms with Crippen molar-refractivity contribution in [3.8, 4) is 5.75 Å². The number of carbonyl (C=O) groups is 2. The van der Waals surface area contributed by atoms with Crippen LogP contribution in [0.3, 0.4) is 0 Å². The van der Waals surface area contributed by atoms with Gasteiger partial charge in [0.1, 0.15) is 5.75 Å². The standard InChI is InChI=1S/C19H22N2O3/c1-4-13(2)18(22)20-15-7-5-14(6-8-15)19(23)21-16-9-11-17(24-3)12-10-16/h5-13H,4H2,1-3H3,(H,20,22)(H,21,23)/t13-/m0/s1. The molecule has 24 heavy (non-hydrogen) atoms. The van der Waals surface area contributed by atoms with Crippen LogP contribution < -0.4 is 15.4 Å². The number of anilines is 2. The molecule has 0 saturated heterocycles. The van der Waals surface area contributed by atoms with Gasteiger partial charge < -0.3 is 15.4 Å². The lowest BCUT2D eigenvalue weighted by molar-refractivity contribution is -0.119. The lowest BCUT2D eigenvalue weighted by atomic mass is 10.1. The quantitative estimate of drug-likeness (QED) is 0.845. The van der Waals surface area contributed by atoms with Gasteiger partial charge in [-0.2, -0.15) is 0 Å². The van der Waals surface area contributed by atoms with E-state index in [1.165, 1.54) is 0 Å². The Hall–Kier alpha value is -2.82. The minimum Gasteiger partial charge on any atom is -0.497 e. The lowest BCUT2D eigenvalue weighted by Gasteiger charge is -2.10. The zero-order valence-corrected chi connectivity index (χ0v) is 14.1. The fourth-order valence-corrected chi connectivity index (χ4v) is 2.03. The van der Waals surface area contributed by atoms with Crippen molar-refractivity contribution in [1.82, 2.24) is 0 Å². The molecule has 0 aliphatic heterocycles. The number of hydrogen-bond acceptors (Lipinski definition) is 3. The summed E-state index contributed by atoms with van der Waals surface area (Å²) in [5, 5.41) is 5.65. The van der Waals surface area contributed by atoms with E-state index < -0.39 is 0 Å². The number of rotatable bonds is 6. The van der Waals surface area contributed by atoms with E-state index >= 15 is 0 Å². The number of hydrogen-bond donors (Lipinski definition) is 2. The van der Waals surface area contributed by atoms with Crippen LogP contribution in [-0.4, -0.2) is 18.9 Å². The summed E-state index contributed by atoms with van der Waals surface area (Å²) in [4.78, 5) is 24.1. The number of methoxy groups -OCH3 is 1. The summed E-state index contributed by atoms with van der Waals surface area (Å²) in [6.07, 6.45) is 0.786. The van der Waals surface area contributed by atoms with Crippen LogP contribution in [0.4, 0.5) is 11.4 Å². The highest BCUT2D eigenvalue weighted by Gasteiger charge is 2.11. The molecule has 0 radical (unpaired) electrons. The molecule has 1 atom stereocenters. The third-order valence-corrected chi connectivity index (χ3v) is 3.82. The van der Waals surface area contributed by atoms with E-state index in [0.29, 0.717) is 16.9 Å². The third-order valence-electron chi connectivity index (χ3n) is 3.82. The van der Waals surface area contributed by atoms with E-state index in [2.05, 4.69) is 10.6 Å². The summed E-state index contributed by atoms with van der Waals surface area (Å²) in [5.74, 6) is 0.463. The molecule has 2 aromatic rings. The van der Waals surface area contributed by atoms with Crippen LogP contribution >= 0.6 is 0 Å². The van der Waals surface area contributed by atoms with Gasteiger partial charge in [0, 0.05) is 22.9 Å². The Labute approximate surface area is 142 Å². The van der Waals surface area contributed by atoms with E-state index in [4.69, 9.17) is 4.74 Å². The van der Waals surface area contributed by atoms with Gasteiger partial charge in [-0.25, -0.2) is 0 Å². The molecular weight excluding hydrogens is 304 g/mol. The molecule has 0 bridgehead atoms. The molecule has 5 heteroatoms. The number of benzene rings is 2. The predicted molar refractivity (Wildman–Crippen MR) is 95.5 cm³/mol. The van der Waals surface area contributed by atoms with Crippen LogP contribution in [0.2, 0.25) is 0 Å². The maximum atomic E-state index is 12.2. The first-order valence-corrected chi connectivity index (χ1v) is 7.89. The van der Waals surface area contributed by atoms with Gasteiger partial charge in [0.25, 0.3) is 5.91 Å². The number of nitrogens with one attached hydrogen (secondary N) is 2. The summed E-state index contributed by atoms with van der Waals surface area (Å²) < 4.78 is 5.08. The van der Waals surface area contributed by atoms with Gasteiger partial charge >= 0.3 is 0 Å². The van der Waals surface area contributed by atoms with E-state index in [1.54, 1.807) is 55.6 Å². The maximum absolute atomic E-state index is 12.2. The molecule has 0 aliphatic rings. The van der Waals surface area contributed by atoms with E-state index in [0.717, 1.165) is 12.2 Å². The Balaban J connectivity index is 1.98. The number of ether oxygens (including phenoxy) is 1. The normalized spacial score (nSPS) is 11.5. The van der Waals surface area contributed by atoms with Gasteiger partial charge in [0.2, 0.25) is 5.91 Å². The molecule has 2 rings (SSSR count). The maximum Gasteiger partial charge on any atom is 0.255 e. The van der Waals surface area contributed by atoms with Crippen molar-refractivity contribution < 1.29 is 14.3 Å². The topological polar surface area (TPSA) is 67.4 Å². The average molecular weight is 326 g/mol. The number of carbonyl (C=O) groups excluding carboxylic acids is 2. The smallest absolute Gasteiger partial charge is 0.255 e. The predicted octanol–water partition coefficient (Wildman–Crippen LogP) is 3.93. The molecule has 0 aliphatic carbocycles. The first-order chi connectivity index (χ1) is 11.5. The highest BCUT2D eigenvalue weighted by atomic mass is 16.5. The Kier molecular flexibility index (Phi) is 5.95. The van der Waals surface area contributed by atoms with E-state index in [9.17, 15) is 9.59 Å². The van der Waals surface area contributed by atoms with E-state index in [1.807, 2.05) is 13.8 Å². The van der Waals surface area contributed by atoms with Gasteiger partial charge in [-0.1, -0.05) is 13.8 Å². The second-order valence-electron chi connectivity index (χ2n) is 5.56. The van der Waals surface area contributed by atoms with Gasteiger partial charge in [0.05, 0.1) is 7.11 Å². The van der Waals surface area contributed by atoms with Gasteiger partial charge in [-0.05, 0) is 55.0 Å². The van der Waals surface area contributed by atoms with Gasteiger partial charge in [-0.3, -0.25) is 9.59 Å². The largest absolute Gasteiger partial charge is 0.497 e. The molecular formula is C19H22N2O3. The average Bonchev–Trinajstić information content (AvgIpc) is 2.62. The molecule has 0 unspecified atom stereocenters. The fourth-order valence-electron chi connectivity index (χ4n) is 2.03. The van der Waals surface area contributed by atoms with Crippen LogP contribution in [-0.2, 0) is 4.79 Å². The zero-order valence-electron chi connectivity index (χ0n) is 14.1. The first kappa shape index (κ1) is 17.5. The van der Waals surface area contributed by atoms with Crippen LogP contribution in [0, 0.1) is 5.92 Å². The summed E-state index contributed by atoms with van der Waals surface area (Å²) in [6, 6.07) is 13.9. The minimum absolute atomic E-state index is 0.0204. The Bertz CT molecular complexity index is 694. The molecule has 2 aromatic carbocycles. The van der Waals surface area contributed by atoms with Crippen molar-refractivity contribution in [2.24, 2.45) is 5.92 Å². The second-order valence-corrected chi connectivity index (χ2v) is 5.56. The summed E-state index contributed by atoms with van der Waals surface area (Å²) in [6.45, 7) is 3.85. The first-order valence-electron chi connectivity index (χ1n) is 7.89. The van der Waals surface area contributed by atoms with E-state index in [-0.39, 0.29) is 17.7 Å². The van der Waals surface area contributed by atoms with Crippen molar-refractivity contribution >= 4 is 23.2 Å². The van der Waals surface area contributed by atoms with Crippen LogP contribution in [0.1, 0.15) is 30.6 Å². The Morgan fingerprint density at radius 3 is 2.04 bits per heavy atom. The molecule has 2 N–H and O–H groups in total. The number of amides is 2. The highest BCUT2D eigenvalue weighted by Crippen LogP contribution is 2.17. The highest BCUT2D eigenvalue weighted by molar-refractivity contribution is 6.04. The molecule has 0 saturated carbocycles. The molecule has 0 fully saturated rings. The monoisotopic (exact) mass is 326 g/mol. The van der Waals surface area contributed by atoms with Crippen molar-refractivity contribution in [3.05, 3.63) is 54.1 Å². The molecule has 0 heterocycles. The minimum atomic E-state index is -0.208. The zero-order chi connectivity index (χ0) is 17.5. The Morgan fingerprint density at radius 2 is 1.50 bits per heavy atom. The van der Waals surface area contributed by atoms with Crippen molar-refractivity contribution in [3.63, 3.8) is 0 Å². The van der Waals surface area contributed by atoms with Gasteiger partial charge in [0.15, 0.2) is 0 Å². The summed E-state index contributed by atoms with van der Waals surface area (Å²) in [7, 11) is 1.59. The van der Waals surface area contributed by atoms with Crippen LogP contribution in [0.15, 0.2) is 48.5 Å². The molecule has 126 valence electrons. The Morgan fingerprint density at radius 1 is 0.958 bits per heavy atom. The lowest BCUT2D eigenvalue weighted by Crippen LogP contribution is -2.19. The second kappa shape index (κ2) is 8.15. The fraction of sp³-hybridized carbons (Fsp3) is 0.263. The molecule has 0 aromatic heterocycles. The van der Waals surface area contributed by atoms with Crippen molar-refractivity contribution in [1.29, 1.82) is 0 Å². The SMILES string of the molecule is CC[C@H](C)C(=O)Nc1ccc(C(=O)Nc2ccc(OC)cc2)cc1. The van der Waals surface area contributed by atoms with Crippen molar-refractivity contribution in [2.45, 2.75) is 20.3 Å². The molecule has 0 spiro atoms. The molecule has 5 nitrogen and oxygen atoms in total. The summed E-state index contributed by atoms with van der Waals surface area (Å²) >= 11 is 0. The third kappa shape index (κ3) is 4.59. The summed E-state index contributed by atoms with van der Waals surface area (Å²) in [5.41, 5.74) is 1.89. The van der Waals surface area contributed by atoms with Gasteiger partial charge in [-0.15, -0.1) is 0 Å². The molecule has 2 amide bonds. The van der Waals surface area contributed by atoms with Crippen LogP contribution in [0.25, 0.3) is 0 Å². The van der Waals surface area contributed by atoms with Crippen molar-refractivity contribution in [2.75, 3.05) is 17.7 Å².